The minimum atomic E-state index is -3.08. The van der Waals surface area contributed by atoms with Gasteiger partial charge in [0.25, 0.3) is 5.91 Å². The molecule has 0 N–H and O–H groups in total. The number of thioether (sulfide) groups is 1. The second-order valence-electron chi connectivity index (χ2n) is 6.38. The van der Waals surface area contributed by atoms with Gasteiger partial charge >= 0.3 is 0 Å². The molecule has 1 amide bonds. The maximum Gasteiger partial charge on any atom is 0.250 e. The number of nitrogens with zero attached hydrogens (tertiary/aromatic N) is 2. The molecule has 0 aromatic heterocycles. The van der Waals surface area contributed by atoms with E-state index < -0.39 is 9.84 Å². The van der Waals surface area contributed by atoms with Crippen LogP contribution < -0.4 is 9.64 Å². The highest BCUT2D eigenvalue weighted by molar-refractivity contribution is 8.16. The number of carbonyl (C=O) groups is 1. The number of aliphatic imine (C=N–C) groups is 1. The first-order valence-electron chi connectivity index (χ1n) is 8.28. The molecule has 25 heavy (non-hydrogen) atoms. The lowest BCUT2D eigenvalue weighted by molar-refractivity contribution is -0.121. The summed E-state index contributed by atoms with van der Waals surface area (Å²) in [5.41, 5.74) is 0.748. The molecular weight excluding hydrogens is 360 g/mol. The Bertz CT molecular complexity index is 807. The molecule has 3 unspecified atom stereocenters. The molecule has 1 aromatic rings. The molecule has 136 valence electrons. The third kappa shape index (κ3) is 3.55. The largest absolute Gasteiger partial charge is 0.495 e. The summed E-state index contributed by atoms with van der Waals surface area (Å²) in [5, 5.41) is 0.457. The van der Waals surface area contributed by atoms with Gasteiger partial charge in [0.15, 0.2) is 15.0 Å². The molecule has 2 saturated heterocycles. The quantitative estimate of drug-likeness (QED) is 0.796. The van der Waals surface area contributed by atoms with Crippen LogP contribution in [-0.2, 0) is 14.6 Å². The third-order valence-corrected chi connectivity index (χ3v) is 7.86. The van der Waals surface area contributed by atoms with Crippen molar-refractivity contribution in [3.8, 4) is 5.75 Å². The fourth-order valence-corrected chi connectivity index (χ4v) is 6.97. The molecule has 6 nitrogen and oxygen atoms in total. The number of ether oxygens (including phenoxy) is 1. The standard InChI is InChI=1S/C17H22N2O4S2/c1-4-11(2)16(20)18-17-19(12-7-5-6-8-14(12)23-3)13-9-25(21,22)10-15(13)24-17/h5-8,11,13,15H,4,9-10H2,1-3H3. The topological polar surface area (TPSA) is 76.0 Å². The highest BCUT2D eigenvalue weighted by atomic mass is 32.2. The number of amides is 1. The van der Waals surface area contributed by atoms with Crippen molar-refractivity contribution >= 4 is 38.4 Å². The van der Waals surface area contributed by atoms with E-state index in [0.29, 0.717) is 10.9 Å². The van der Waals surface area contributed by atoms with Gasteiger partial charge in [0.2, 0.25) is 0 Å². The molecular formula is C17H22N2O4S2. The molecule has 2 aliphatic heterocycles. The molecule has 0 saturated carbocycles. The fourth-order valence-electron chi connectivity index (χ4n) is 3.05. The summed E-state index contributed by atoms with van der Waals surface area (Å²) in [4.78, 5) is 18.5. The van der Waals surface area contributed by atoms with Crippen LogP contribution in [0, 0.1) is 5.92 Å². The Morgan fingerprint density at radius 2 is 2.12 bits per heavy atom. The smallest absolute Gasteiger partial charge is 0.250 e. The van der Waals surface area contributed by atoms with E-state index in [1.807, 2.05) is 43.0 Å². The van der Waals surface area contributed by atoms with Gasteiger partial charge in [-0.2, -0.15) is 4.99 Å². The second-order valence-corrected chi connectivity index (χ2v) is 9.74. The van der Waals surface area contributed by atoms with Crippen LogP contribution >= 0.6 is 11.8 Å². The lowest BCUT2D eigenvalue weighted by atomic mass is 10.1. The summed E-state index contributed by atoms with van der Waals surface area (Å²) >= 11 is 1.38. The lowest BCUT2D eigenvalue weighted by Gasteiger charge is -2.26. The maximum absolute atomic E-state index is 12.3. The van der Waals surface area contributed by atoms with Crippen LogP contribution in [0.3, 0.4) is 0 Å². The Morgan fingerprint density at radius 3 is 2.80 bits per heavy atom. The van der Waals surface area contributed by atoms with E-state index in [9.17, 15) is 13.2 Å². The normalized spacial score (nSPS) is 27.3. The van der Waals surface area contributed by atoms with E-state index in [0.717, 1.165) is 12.1 Å². The van der Waals surface area contributed by atoms with Crippen molar-refractivity contribution in [2.75, 3.05) is 23.5 Å². The summed E-state index contributed by atoms with van der Waals surface area (Å²) in [6.45, 7) is 3.80. The van der Waals surface area contributed by atoms with Crippen molar-refractivity contribution in [1.29, 1.82) is 0 Å². The summed E-state index contributed by atoms with van der Waals surface area (Å²) < 4.78 is 29.6. The molecule has 0 spiro atoms. The molecule has 2 aliphatic rings. The summed E-state index contributed by atoms with van der Waals surface area (Å²) in [6.07, 6.45) is 0.718. The summed E-state index contributed by atoms with van der Waals surface area (Å²) in [5.74, 6) is 0.491. The lowest BCUT2D eigenvalue weighted by Crippen LogP contribution is -2.38. The predicted molar refractivity (Wildman–Crippen MR) is 101 cm³/mol. The second kappa shape index (κ2) is 6.99. The van der Waals surface area contributed by atoms with Gasteiger partial charge in [0, 0.05) is 11.2 Å². The zero-order valence-electron chi connectivity index (χ0n) is 14.5. The highest BCUT2D eigenvalue weighted by Crippen LogP contribution is 2.43. The van der Waals surface area contributed by atoms with Gasteiger partial charge in [-0.05, 0) is 18.6 Å². The van der Waals surface area contributed by atoms with Crippen molar-refractivity contribution in [1.82, 2.24) is 0 Å². The van der Waals surface area contributed by atoms with Gasteiger partial charge in [-0.15, -0.1) is 0 Å². The van der Waals surface area contributed by atoms with Crippen molar-refractivity contribution in [3.63, 3.8) is 0 Å². The van der Waals surface area contributed by atoms with Crippen molar-refractivity contribution in [3.05, 3.63) is 24.3 Å². The minimum Gasteiger partial charge on any atom is -0.495 e. The molecule has 0 radical (unpaired) electrons. The van der Waals surface area contributed by atoms with E-state index in [1.165, 1.54) is 11.8 Å². The molecule has 1 aromatic carbocycles. The van der Waals surface area contributed by atoms with Gasteiger partial charge in [-0.1, -0.05) is 37.7 Å². The average molecular weight is 383 g/mol. The molecule has 3 rings (SSSR count). The SMILES string of the molecule is CCC(C)C(=O)N=C1SC2CS(=O)(=O)CC2N1c1ccccc1OC. The van der Waals surface area contributed by atoms with Crippen LogP contribution in [0.25, 0.3) is 0 Å². The van der Waals surface area contributed by atoms with Gasteiger partial charge in [-0.25, -0.2) is 8.42 Å². The Balaban J connectivity index is 2.04. The van der Waals surface area contributed by atoms with Gasteiger partial charge < -0.3 is 9.64 Å². The first kappa shape index (κ1) is 18.3. The highest BCUT2D eigenvalue weighted by Gasteiger charge is 2.50. The number of fused-ring (bicyclic) bond motifs is 1. The van der Waals surface area contributed by atoms with Crippen LogP contribution in [-0.4, -0.2) is 49.4 Å². The molecule has 2 heterocycles. The number of anilines is 1. The third-order valence-electron chi connectivity index (χ3n) is 4.65. The zero-order chi connectivity index (χ0) is 18.2. The number of benzene rings is 1. The van der Waals surface area contributed by atoms with Crippen molar-refractivity contribution in [2.24, 2.45) is 10.9 Å². The molecule has 3 atom stereocenters. The van der Waals surface area contributed by atoms with Crippen LogP contribution in [0.5, 0.6) is 5.75 Å². The van der Waals surface area contributed by atoms with Crippen LogP contribution in [0.4, 0.5) is 5.69 Å². The van der Waals surface area contributed by atoms with Crippen molar-refractivity contribution in [2.45, 2.75) is 31.6 Å². The van der Waals surface area contributed by atoms with E-state index in [2.05, 4.69) is 4.99 Å². The number of para-hydroxylation sites is 2. The van der Waals surface area contributed by atoms with Gasteiger partial charge in [-0.3, -0.25) is 4.79 Å². The van der Waals surface area contributed by atoms with Crippen molar-refractivity contribution < 1.29 is 17.9 Å². The molecule has 2 fully saturated rings. The number of carbonyl (C=O) groups excluding carboxylic acids is 1. The Labute approximate surface area is 152 Å². The van der Waals surface area contributed by atoms with Gasteiger partial charge in [0.1, 0.15) is 5.75 Å². The molecule has 8 heteroatoms. The number of hydrogen-bond acceptors (Lipinski definition) is 5. The molecule has 0 aliphatic carbocycles. The predicted octanol–water partition coefficient (Wildman–Crippen LogP) is 2.34. The van der Waals surface area contributed by atoms with E-state index in [4.69, 9.17) is 4.74 Å². The Kier molecular flexibility index (Phi) is 5.11. The summed E-state index contributed by atoms with van der Waals surface area (Å²) in [6, 6.07) is 7.19. The number of amidine groups is 1. The van der Waals surface area contributed by atoms with Crippen LogP contribution in [0.15, 0.2) is 29.3 Å². The first-order valence-corrected chi connectivity index (χ1v) is 11.0. The Hall–Kier alpha value is -1.54. The first-order chi connectivity index (χ1) is 11.9. The van der Waals surface area contributed by atoms with Crippen LogP contribution in [0.1, 0.15) is 20.3 Å². The van der Waals surface area contributed by atoms with Crippen LogP contribution in [0.2, 0.25) is 0 Å². The van der Waals surface area contributed by atoms with E-state index in [-0.39, 0.29) is 34.6 Å². The van der Waals surface area contributed by atoms with E-state index in [1.54, 1.807) is 7.11 Å². The monoisotopic (exact) mass is 382 g/mol. The minimum absolute atomic E-state index is 0.0687. The fraction of sp³-hybridized carbons (Fsp3) is 0.529. The summed E-state index contributed by atoms with van der Waals surface area (Å²) in [7, 11) is -1.51. The molecule has 0 bridgehead atoms. The average Bonchev–Trinajstić information content (AvgIpc) is 3.04. The number of rotatable bonds is 4. The van der Waals surface area contributed by atoms with Gasteiger partial charge in [0.05, 0.1) is 30.3 Å². The number of sulfone groups is 1. The zero-order valence-corrected chi connectivity index (χ0v) is 16.1. The van der Waals surface area contributed by atoms with E-state index >= 15 is 0 Å². The number of hydrogen-bond donors (Lipinski definition) is 0. The maximum atomic E-state index is 12.3. The number of methoxy groups -OCH3 is 1. The Morgan fingerprint density at radius 1 is 1.40 bits per heavy atom.